The highest BCUT2D eigenvalue weighted by Gasteiger charge is 2.11. The van der Waals surface area contributed by atoms with Crippen LogP contribution in [0.5, 0.6) is 11.5 Å². The maximum Gasteiger partial charge on any atom is 0.200 e. The molecule has 6 heteroatoms. The van der Waals surface area contributed by atoms with Gasteiger partial charge in [0.25, 0.3) is 0 Å². The number of benzene rings is 2. The smallest absolute Gasteiger partial charge is 0.200 e. The summed E-state index contributed by atoms with van der Waals surface area (Å²) in [5, 5.41) is 1.08. The minimum atomic E-state index is -0.0544. The summed E-state index contributed by atoms with van der Waals surface area (Å²) in [6.45, 7) is 16.7. The van der Waals surface area contributed by atoms with E-state index in [1.54, 1.807) is 12.1 Å². The zero-order valence-corrected chi connectivity index (χ0v) is 23.4. The van der Waals surface area contributed by atoms with Gasteiger partial charge in [0.2, 0.25) is 5.43 Å². The number of hydrogen-bond donors (Lipinski definition) is 0. The highest BCUT2D eigenvalue weighted by molar-refractivity contribution is 5.90. The molecule has 0 spiro atoms. The maximum atomic E-state index is 13.3. The van der Waals surface area contributed by atoms with Crippen molar-refractivity contribution in [1.82, 2.24) is 9.80 Å². The van der Waals surface area contributed by atoms with E-state index in [1.807, 2.05) is 24.3 Å². The van der Waals surface area contributed by atoms with Gasteiger partial charge in [0, 0.05) is 13.1 Å². The first kappa shape index (κ1) is 29.0. The first-order chi connectivity index (χ1) is 18.1. The zero-order chi connectivity index (χ0) is 26.5. The summed E-state index contributed by atoms with van der Waals surface area (Å²) in [6, 6.07) is 11.0. The largest absolute Gasteiger partial charge is 0.494 e. The summed E-state index contributed by atoms with van der Waals surface area (Å²) < 4.78 is 18.0. The Morgan fingerprint density at radius 1 is 0.622 bits per heavy atom. The molecule has 0 aliphatic rings. The number of ether oxygens (including phenoxy) is 2. The molecular weight excluding hydrogens is 464 g/mol. The van der Waals surface area contributed by atoms with Crippen LogP contribution in [0.3, 0.4) is 0 Å². The third kappa shape index (κ3) is 8.75. The van der Waals surface area contributed by atoms with Gasteiger partial charge in [0.1, 0.15) is 22.7 Å². The molecule has 0 aliphatic carbocycles. The molecule has 1 heterocycles. The summed E-state index contributed by atoms with van der Waals surface area (Å²) in [4.78, 5) is 18.3. The normalized spacial score (nSPS) is 11.7. The summed E-state index contributed by atoms with van der Waals surface area (Å²) in [5.74, 6) is 1.40. The fraction of sp³-hybridized carbons (Fsp3) is 0.581. The zero-order valence-electron chi connectivity index (χ0n) is 23.4. The van der Waals surface area contributed by atoms with E-state index in [9.17, 15) is 4.79 Å². The molecule has 0 aliphatic heterocycles. The topological polar surface area (TPSA) is 55.2 Å². The van der Waals surface area contributed by atoms with Crippen molar-refractivity contribution >= 4 is 21.9 Å². The predicted octanol–water partition coefficient (Wildman–Crippen LogP) is 6.73. The number of fused-ring (bicyclic) bond motifs is 2. The Morgan fingerprint density at radius 3 is 1.41 bits per heavy atom. The molecule has 204 valence electrons. The van der Waals surface area contributed by atoms with Crippen LogP contribution in [0.2, 0.25) is 0 Å². The molecular formula is C31H46N2O4. The van der Waals surface area contributed by atoms with Crippen LogP contribution in [0.15, 0.2) is 45.6 Å². The van der Waals surface area contributed by atoms with Crippen molar-refractivity contribution in [3.05, 3.63) is 46.6 Å². The third-order valence-electron chi connectivity index (χ3n) is 6.55. The van der Waals surface area contributed by atoms with Crippen LogP contribution in [0.25, 0.3) is 21.9 Å². The second-order valence-electron chi connectivity index (χ2n) is 9.83. The molecule has 0 bridgehead atoms. The Bertz CT molecular complexity index is 1050. The van der Waals surface area contributed by atoms with E-state index in [0.717, 1.165) is 52.1 Å². The predicted molar refractivity (Wildman–Crippen MR) is 154 cm³/mol. The molecule has 0 N–H and O–H groups in total. The van der Waals surface area contributed by atoms with Crippen LogP contribution in [0.1, 0.15) is 66.2 Å². The number of hydrogen-bond acceptors (Lipinski definition) is 6. The highest BCUT2D eigenvalue weighted by Crippen LogP contribution is 2.25. The molecule has 37 heavy (non-hydrogen) atoms. The average molecular weight is 511 g/mol. The fourth-order valence-electron chi connectivity index (χ4n) is 4.89. The maximum absolute atomic E-state index is 13.3. The van der Waals surface area contributed by atoms with Crippen molar-refractivity contribution in [2.75, 3.05) is 52.5 Å². The minimum Gasteiger partial charge on any atom is -0.494 e. The summed E-state index contributed by atoms with van der Waals surface area (Å²) in [7, 11) is 0. The Hall–Kier alpha value is -2.57. The molecule has 0 radical (unpaired) electrons. The first-order valence-corrected chi connectivity index (χ1v) is 14.3. The molecule has 0 atom stereocenters. The van der Waals surface area contributed by atoms with E-state index in [1.165, 1.54) is 25.7 Å². The van der Waals surface area contributed by atoms with Crippen molar-refractivity contribution < 1.29 is 13.9 Å². The second-order valence-corrected chi connectivity index (χ2v) is 9.83. The standard InChI is InChI=1S/C31H46N2O4/c1-5-15-32(16-6-2)19-9-21-35-25-11-13-29-27(23-25)31(34)28-24-26(12-14-30(28)37-29)36-22-10-20-33(17-7-3)18-8-4/h11-14,23-24H,5-10,15-22H2,1-4H3. The van der Waals surface area contributed by atoms with Gasteiger partial charge < -0.3 is 23.7 Å². The summed E-state index contributed by atoms with van der Waals surface area (Å²) in [5.41, 5.74) is 1.09. The van der Waals surface area contributed by atoms with Crippen LogP contribution < -0.4 is 14.9 Å². The Morgan fingerprint density at radius 2 is 1.03 bits per heavy atom. The molecule has 3 rings (SSSR count). The molecule has 0 saturated heterocycles. The van der Waals surface area contributed by atoms with E-state index in [4.69, 9.17) is 13.9 Å². The van der Waals surface area contributed by atoms with Crippen molar-refractivity contribution in [2.45, 2.75) is 66.2 Å². The quantitative estimate of drug-likeness (QED) is 0.140. The lowest BCUT2D eigenvalue weighted by Gasteiger charge is -2.20. The summed E-state index contributed by atoms with van der Waals surface area (Å²) >= 11 is 0. The summed E-state index contributed by atoms with van der Waals surface area (Å²) in [6.07, 6.45) is 6.58. The molecule has 0 amide bonds. The van der Waals surface area contributed by atoms with E-state index >= 15 is 0 Å². The molecule has 1 aromatic heterocycles. The SMILES string of the molecule is CCCN(CCC)CCCOc1ccc2oc3ccc(OCCCN(CCC)CCC)cc3c(=O)c2c1. The van der Waals surface area contributed by atoms with Gasteiger partial charge in [-0.15, -0.1) is 0 Å². The molecule has 6 nitrogen and oxygen atoms in total. The van der Waals surface area contributed by atoms with Gasteiger partial charge in [-0.3, -0.25) is 4.79 Å². The van der Waals surface area contributed by atoms with E-state index in [0.29, 0.717) is 46.7 Å². The minimum absolute atomic E-state index is 0.0544. The first-order valence-electron chi connectivity index (χ1n) is 14.3. The van der Waals surface area contributed by atoms with Gasteiger partial charge in [-0.1, -0.05) is 27.7 Å². The van der Waals surface area contributed by atoms with Crippen molar-refractivity contribution in [3.63, 3.8) is 0 Å². The van der Waals surface area contributed by atoms with E-state index < -0.39 is 0 Å². The molecule has 3 aromatic rings. The highest BCUT2D eigenvalue weighted by atomic mass is 16.5. The lowest BCUT2D eigenvalue weighted by molar-refractivity contribution is 0.234. The van der Waals surface area contributed by atoms with Gasteiger partial charge in [-0.25, -0.2) is 0 Å². The lowest BCUT2D eigenvalue weighted by atomic mass is 10.1. The third-order valence-corrected chi connectivity index (χ3v) is 6.55. The van der Waals surface area contributed by atoms with E-state index in [2.05, 4.69) is 37.5 Å². The molecule has 0 fully saturated rings. The lowest BCUT2D eigenvalue weighted by Crippen LogP contribution is -2.27. The second kappa shape index (κ2) is 15.6. The van der Waals surface area contributed by atoms with Crippen molar-refractivity contribution in [2.24, 2.45) is 0 Å². The van der Waals surface area contributed by atoms with Gasteiger partial charge >= 0.3 is 0 Å². The van der Waals surface area contributed by atoms with Gasteiger partial charge in [0.05, 0.1) is 24.0 Å². The molecule has 2 aromatic carbocycles. The van der Waals surface area contributed by atoms with Crippen LogP contribution in [-0.4, -0.2) is 62.3 Å². The number of rotatable bonds is 18. The monoisotopic (exact) mass is 510 g/mol. The Balaban J connectivity index is 1.63. The van der Waals surface area contributed by atoms with Crippen LogP contribution in [0, 0.1) is 0 Å². The molecule has 0 unspecified atom stereocenters. The average Bonchev–Trinajstić information content (AvgIpc) is 2.90. The van der Waals surface area contributed by atoms with Crippen molar-refractivity contribution in [3.8, 4) is 11.5 Å². The van der Waals surface area contributed by atoms with Gasteiger partial charge in [-0.2, -0.15) is 0 Å². The van der Waals surface area contributed by atoms with Gasteiger partial charge in [-0.05, 0) is 101 Å². The number of nitrogens with zero attached hydrogens (tertiary/aromatic N) is 2. The van der Waals surface area contributed by atoms with Crippen LogP contribution in [0.4, 0.5) is 0 Å². The van der Waals surface area contributed by atoms with Gasteiger partial charge in [0.15, 0.2) is 0 Å². The van der Waals surface area contributed by atoms with Crippen LogP contribution in [-0.2, 0) is 0 Å². The fourth-order valence-corrected chi connectivity index (χ4v) is 4.89. The molecule has 0 saturated carbocycles. The van der Waals surface area contributed by atoms with E-state index in [-0.39, 0.29) is 5.43 Å². The Kier molecular flexibility index (Phi) is 12.2. The van der Waals surface area contributed by atoms with Crippen LogP contribution >= 0.6 is 0 Å². The Labute approximate surface area is 222 Å². The van der Waals surface area contributed by atoms with Crippen molar-refractivity contribution in [1.29, 1.82) is 0 Å².